The van der Waals surface area contributed by atoms with Crippen LogP contribution in [0.1, 0.15) is 32.3 Å². The van der Waals surface area contributed by atoms with Gasteiger partial charge in [-0.2, -0.15) is 0 Å². The van der Waals surface area contributed by atoms with E-state index in [1.807, 2.05) is 12.1 Å². The van der Waals surface area contributed by atoms with Gasteiger partial charge in [0.15, 0.2) is 0 Å². The van der Waals surface area contributed by atoms with Crippen molar-refractivity contribution in [2.75, 3.05) is 6.61 Å². The molecule has 1 aromatic carbocycles. The molecule has 4 nitrogen and oxygen atoms in total. The van der Waals surface area contributed by atoms with Crippen molar-refractivity contribution < 1.29 is 9.47 Å². The Hall–Kier alpha value is -1.55. The summed E-state index contributed by atoms with van der Waals surface area (Å²) in [5, 5.41) is 7.38. The molecular formula is C14H20N2O2. The van der Waals surface area contributed by atoms with Gasteiger partial charge in [0.05, 0.1) is 11.7 Å². The maximum Gasteiger partial charge on any atom is 0.122 e. The van der Waals surface area contributed by atoms with E-state index in [2.05, 4.69) is 13.8 Å². The second kappa shape index (κ2) is 4.98. The number of benzene rings is 1. The minimum absolute atomic E-state index is 0.0325. The fourth-order valence-electron chi connectivity index (χ4n) is 2.14. The monoisotopic (exact) mass is 248 g/mol. The van der Waals surface area contributed by atoms with Crippen molar-refractivity contribution in [3.63, 3.8) is 0 Å². The summed E-state index contributed by atoms with van der Waals surface area (Å²) in [6.45, 7) is 4.75. The molecule has 1 heterocycles. The summed E-state index contributed by atoms with van der Waals surface area (Å²) < 4.78 is 11.6. The van der Waals surface area contributed by atoms with Gasteiger partial charge in [0.25, 0.3) is 0 Å². The Morgan fingerprint density at radius 2 is 2.33 bits per heavy atom. The van der Waals surface area contributed by atoms with E-state index in [9.17, 15) is 0 Å². The van der Waals surface area contributed by atoms with Crippen LogP contribution in [0.15, 0.2) is 24.3 Å². The van der Waals surface area contributed by atoms with Gasteiger partial charge in [-0.3, -0.25) is 5.41 Å². The zero-order valence-corrected chi connectivity index (χ0v) is 10.9. The van der Waals surface area contributed by atoms with E-state index >= 15 is 0 Å². The molecular weight excluding hydrogens is 228 g/mol. The van der Waals surface area contributed by atoms with Crippen LogP contribution in [0.2, 0.25) is 0 Å². The molecule has 1 aliphatic heterocycles. The smallest absolute Gasteiger partial charge is 0.122 e. The Morgan fingerprint density at radius 3 is 2.94 bits per heavy atom. The van der Waals surface area contributed by atoms with Crippen LogP contribution < -0.4 is 10.5 Å². The van der Waals surface area contributed by atoms with Crippen molar-refractivity contribution in [2.24, 2.45) is 5.73 Å². The molecule has 0 aromatic heterocycles. The third-order valence-electron chi connectivity index (χ3n) is 3.14. The molecule has 0 bridgehead atoms. The van der Waals surface area contributed by atoms with Crippen molar-refractivity contribution in [1.82, 2.24) is 0 Å². The van der Waals surface area contributed by atoms with Gasteiger partial charge in [0.1, 0.15) is 18.2 Å². The highest BCUT2D eigenvalue weighted by molar-refractivity contribution is 5.95. The molecule has 1 fully saturated rings. The minimum Gasteiger partial charge on any atom is -0.491 e. The maximum absolute atomic E-state index is 7.38. The summed E-state index contributed by atoms with van der Waals surface area (Å²) in [4.78, 5) is 0. The van der Waals surface area contributed by atoms with Crippen LogP contribution in [-0.4, -0.2) is 24.1 Å². The molecule has 0 amide bonds. The second-order valence-corrected chi connectivity index (χ2v) is 5.29. The molecule has 0 spiro atoms. The van der Waals surface area contributed by atoms with Crippen molar-refractivity contribution in [3.05, 3.63) is 29.8 Å². The summed E-state index contributed by atoms with van der Waals surface area (Å²) in [7, 11) is 0. The summed E-state index contributed by atoms with van der Waals surface area (Å²) in [5.74, 6) is 0.787. The third-order valence-corrected chi connectivity index (χ3v) is 3.14. The fraction of sp³-hybridized carbons (Fsp3) is 0.500. The van der Waals surface area contributed by atoms with Gasteiger partial charge >= 0.3 is 0 Å². The molecule has 98 valence electrons. The highest BCUT2D eigenvalue weighted by Crippen LogP contribution is 2.29. The first-order chi connectivity index (χ1) is 8.46. The molecule has 0 aliphatic carbocycles. The third kappa shape index (κ3) is 3.23. The van der Waals surface area contributed by atoms with Crippen molar-refractivity contribution in [2.45, 2.75) is 38.4 Å². The number of nitrogens with one attached hydrogen (secondary N) is 1. The molecule has 1 atom stereocenters. The zero-order valence-electron chi connectivity index (χ0n) is 10.9. The molecule has 1 unspecified atom stereocenters. The van der Waals surface area contributed by atoms with Gasteiger partial charge in [-0.1, -0.05) is 12.1 Å². The Kier molecular flexibility index (Phi) is 3.57. The predicted octanol–water partition coefficient (Wildman–Crippen LogP) is 2.31. The summed E-state index contributed by atoms with van der Waals surface area (Å²) in [5.41, 5.74) is 6.09. The number of nitrogen functional groups attached to an aromatic ring is 1. The molecule has 1 aromatic rings. The van der Waals surface area contributed by atoms with Gasteiger partial charge in [-0.05, 0) is 38.8 Å². The van der Waals surface area contributed by atoms with E-state index in [4.69, 9.17) is 20.6 Å². The number of amidine groups is 1. The standard InChI is InChI=1S/C14H20N2O2/c1-14(2)7-6-12(18-14)9-17-11-5-3-4-10(8-11)13(15)16/h3-5,8,12H,6-7,9H2,1-2H3,(H3,15,16). The molecule has 1 aliphatic rings. The Balaban J connectivity index is 1.91. The van der Waals surface area contributed by atoms with Gasteiger partial charge in [0, 0.05) is 5.56 Å². The predicted molar refractivity (Wildman–Crippen MR) is 71.1 cm³/mol. The molecule has 18 heavy (non-hydrogen) atoms. The van der Waals surface area contributed by atoms with Gasteiger partial charge in [0.2, 0.25) is 0 Å². The fourth-order valence-corrected chi connectivity index (χ4v) is 2.14. The lowest BCUT2D eigenvalue weighted by Crippen LogP contribution is -2.24. The van der Waals surface area contributed by atoms with Crippen molar-refractivity contribution in [1.29, 1.82) is 5.41 Å². The van der Waals surface area contributed by atoms with E-state index in [0.29, 0.717) is 12.2 Å². The topological polar surface area (TPSA) is 68.3 Å². The molecule has 3 N–H and O–H groups in total. The lowest BCUT2D eigenvalue weighted by Gasteiger charge is -2.19. The molecule has 1 saturated heterocycles. The number of ether oxygens (including phenoxy) is 2. The maximum atomic E-state index is 7.38. The van der Waals surface area contributed by atoms with Gasteiger partial charge < -0.3 is 15.2 Å². The van der Waals surface area contributed by atoms with Gasteiger partial charge in [-0.15, -0.1) is 0 Å². The van der Waals surface area contributed by atoms with E-state index in [0.717, 1.165) is 18.6 Å². The van der Waals surface area contributed by atoms with Crippen LogP contribution >= 0.6 is 0 Å². The first-order valence-electron chi connectivity index (χ1n) is 6.21. The van der Waals surface area contributed by atoms with Crippen LogP contribution in [-0.2, 0) is 4.74 Å². The van der Waals surface area contributed by atoms with Crippen LogP contribution in [0.4, 0.5) is 0 Å². The Bertz CT molecular complexity index is 443. The van der Waals surface area contributed by atoms with E-state index in [-0.39, 0.29) is 17.5 Å². The largest absolute Gasteiger partial charge is 0.491 e. The first-order valence-corrected chi connectivity index (χ1v) is 6.21. The first kappa shape index (κ1) is 12.9. The van der Waals surface area contributed by atoms with Crippen LogP contribution in [0.3, 0.4) is 0 Å². The van der Waals surface area contributed by atoms with Crippen LogP contribution in [0, 0.1) is 5.41 Å². The lowest BCUT2D eigenvalue weighted by molar-refractivity contribution is -0.0326. The van der Waals surface area contributed by atoms with Crippen LogP contribution in [0.25, 0.3) is 0 Å². The van der Waals surface area contributed by atoms with Crippen molar-refractivity contribution >= 4 is 5.84 Å². The molecule has 4 heteroatoms. The Labute approximate surface area is 108 Å². The highest BCUT2D eigenvalue weighted by atomic mass is 16.6. The van der Waals surface area contributed by atoms with Crippen LogP contribution in [0.5, 0.6) is 5.75 Å². The summed E-state index contributed by atoms with van der Waals surface area (Å²) in [6, 6.07) is 7.28. The number of nitrogens with two attached hydrogens (primary N) is 1. The quantitative estimate of drug-likeness (QED) is 0.634. The second-order valence-electron chi connectivity index (χ2n) is 5.29. The van der Waals surface area contributed by atoms with E-state index < -0.39 is 0 Å². The Morgan fingerprint density at radius 1 is 1.56 bits per heavy atom. The molecule has 0 radical (unpaired) electrons. The van der Waals surface area contributed by atoms with E-state index in [1.54, 1.807) is 12.1 Å². The normalized spacial score (nSPS) is 21.8. The number of rotatable bonds is 4. The van der Waals surface area contributed by atoms with Gasteiger partial charge in [-0.25, -0.2) is 0 Å². The SMILES string of the molecule is CC1(C)CCC(COc2cccc(C(=N)N)c2)O1. The minimum atomic E-state index is -0.0325. The lowest BCUT2D eigenvalue weighted by atomic mass is 10.1. The summed E-state index contributed by atoms with van der Waals surface area (Å²) >= 11 is 0. The molecule has 2 rings (SSSR count). The molecule has 0 saturated carbocycles. The average Bonchev–Trinajstić information content (AvgIpc) is 2.67. The van der Waals surface area contributed by atoms with E-state index in [1.165, 1.54) is 0 Å². The average molecular weight is 248 g/mol. The summed E-state index contributed by atoms with van der Waals surface area (Å²) in [6.07, 6.45) is 2.24. The highest BCUT2D eigenvalue weighted by Gasteiger charge is 2.31. The van der Waals surface area contributed by atoms with Crippen molar-refractivity contribution in [3.8, 4) is 5.75 Å². The number of hydrogen-bond donors (Lipinski definition) is 2. The zero-order chi connectivity index (χ0) is 13.2. The number of hydrogen-bond acceptors (Lipinski definition) is 3.